The summed E-state index contributed by atoms with van der Waals surface area (Å²) in [5.41, 5.74) is 3.05. The highest BCUT2D eigenvalue weighted by Gasteiger charge is 2.30. The Bertz CT molecular complexity index is 1320. The first-order valence-electron chi connectivity index (χ1n) is 9.72. The van der Waals surface area contributed by atoms with Gasteiger partial charge in [-0.25, -0.2) is 9.97 Å². The average Bonchev–Trinajstić information content (AvgIpc) is 2.78. The number of aromatic nitrogens is 2. The fourth-order valence-corrected chi connectivity index (χ4v) is 3.80. The Balaban J connectivity index is 1.66. The zero-order chi connectivity index (χ0) is 22.3. The maximum Gasteiger partial charge on any atom is 0.416 e. The van der Waals surface area contributed by atoms with Gasteiger partial charge in [-0.3, -0.25) is 0 Å². The number of nitrogens with one attached hydrogen (secondary N) is 1. The van der Waals surface area contributed by atoms with Crippen LogP contribution in [0.4, 0.5) is 24.8 Å². The van der Waals surface area contributed by atoms with E-state index in [9.17, 15) is 13.2 Å². The molecule has 160 valence electrons. The van der Waals surface area contributed by atoms with E-state index < -0.39 is 11.7 Å². The molecule has 4 aromatic rings. The number of anilines is 2. The molecule has 3 aromatic carbocycles. The quantitative estimate of drug-likeness (QED) is 0.359. The van der Waals surface area contributed by atoms with Gasteiger partial charge in [0.25, 0.3) is 0 Å². The largest absolute Gasteiger partial charge is 0.488 e. The summed E-state index contributed by atoms with van der Waals surface area (Å²) in [4.78, 5) is 9.25. The number of ether oxygens (including phenoxy) is 1. The Morgan fingerprint density at radius 2 is 1.66 bits per heavy atom. The van der Waals surface area contributed by atoms with Crippen LogP contribution in [0.15, 0.2) is 72.8 Å². The summed E-state index contributed by atoms with van der Waals surface area (Å²) in [6.07, 6.45) is -4.45. The fourth-order valence-electron chi connectivity index (χ4n) is 3.61. The molecule has 1 aliphatic heterocycles. The Hall–Kier alpha value is -3.58. The maximum atomic E-state index is 13.1. The van der Waals surface area contributed by atoms with E-state index in [0.717, 1.165) is 28.8 Å². The van der Waals surface area contributed by atoms with Crippen LogP contribution < -0.4 is 10.1 Å². The molecule has 0 amide bonds. The van der Waals surface area contributed by atoms with Gasteiger partial charge < -0.3 is 10.1 Å². The molecule has 5 rings (SSSR count). The van der Waals surface area contributed by atoms with Gasteiger partial charge in [-0.1, -0.05) is 41.9 Å². The molecule has 0 spiro atoms. The van der Waals surface area contributed by atoms with Crippen molar-refractivity contribution in [1.82, 2.24) is 9.97 Å². The lowest BCUT2D eigenvalue weighted by molar-refractivity contribution is -0.137. The maximum absolute atomic E-state index is 13.1. The highest BCUT2D eigenvalue weighted by molar-refractivity contribution is 6.30. The molecule has 0 saturated carbocycles. The normalized spacial score (nSPS) is 12.5. The van der Waals surface area contributed by atoms with Crippen molar-refractivity contribution >= 4 is 23.2 Å². The smallest absolute Gasteiger partial charge is 0.416 e. The minimum atomic E-state index is -4.45. The van der Waals surface area contributed by atoms with Gasteiger partial charge in [0.2, 0.25) is 5.95 Å². The Kier molecular flexibility index (Phi) is 4.98. The van der Waals surface area contributed by atoms with Crippen LogP contribution in [-0.2, 0) is 12.8 Å². The van der Waals surface area contributed by atoms with Crippen LogP contribution in [-0.4, -0.2) is 9.97 Å². The third-order valence-corrected chi connectivity index (χ3v) is 5.30. The number of nitrogens with zero attached hydrogens (tertiary/aromatic N) is 2. The molecule has 2 heterocycles. The summed E-state index contributed by atoms with van der Waals surface area (Å²) < 4.78 is 45.3. The second-order valence-corrected chi connectivity index (χ2v) is 7.66. The number of benzene rings is 3. The van der Waals surface area contributed by atoms with Crippen LogP contribution in [0, 0.1) is 0 Å². The van der Waals surface area contributed by atoms with Gasteiger partial charge in [0, 0.05) is 27.4 Å². The second kappa shape index (κ2) is 7.84. The first kappa shape index (κ1) is 20.3. The topological polar surface area (TPSA) is 47.0 Å². The molecule has 0 unspecified atom stereocenters. The molecule has 0 bridgehead atoms. The first-order valence-corrected chi connectivity index (χ1v) is 10.1. The molecule has 1 N–H and O–H groups in total. The Labute approximate surface area is 186 Å². The molecule has 0 saturated heterocycles. The van der Waals surface area contributed by atoms with Crippen molar-refractivity contribution in [3.05, 3.63) is 88.9 Å². The van der Waals surface area contributed by atoms with E-state index in [-0.39, 0.29) is 18.2 Å². The molecular formula is C24H15ClF3N3O. The van der Waals surface area contributed by atoms with E-state index in [0.29, 0.717) is 22.2 Å². The molecule has 32 heavy (non-hydrogen) atoms. The monoisotopic (exact) mass is 453 g/mol. The molecule has 1 aromatic heterocycles. The van der Waals surface area contributed by atoms with Crippen LogP contribution in [0.5, 0.6) is 5.75 Å². The molecule has 0 radical (unpaired) electrons. The summed E-state index contributed by atoms with van der Waals surface area (Å²) in [6, 6.07) is 19.6. The predicted octanol–water partition coefficient (Wildman–Crippen LogP) is 7.12. The lowest BCUT2D eigenvalue weighted by atomic mass is 9.98. The summed E-state index contributed by atoms with van der Waals surface area (Å²) in [7, 11) is 0. The third kappa shape index (κ3) is 3.87. The van der Waals surface area contributed by atoms with Crippen molar-refractivity contribution in [2.75, 3.05) is 5.32 Å². The van der Waals surface area contributed by atoms with E-state index >= 15 is 0 Å². The summed E-state index contributed by atoms with van der Waals surface area (Å²) in [6.45, 7) is 0.262. The molecule has 0 fully saturated rings. The number of rotatable bonds is 3. The minimum Gasteiger partial charge on any atom is -0.488 e. The molecule has 0 atom stereocenters. The second-order valence-electron chi connectivity index (χ2n) is 7.22. The highest BCUT2D eigenvalue weighted by Crippen LogP contribution is 2.41. The van der Waals surface area contributed by atoms with Gasteiger partial charge in [0.15, 0.2) is 0 Å². The van der Waals surface area contributed by atoms with Gasteiger partial charge >= 0.3 is 6.18 Å². The number of para-hydroxylation sites is 1. The summed E-state index contributed by atoms with van der Waals surface area (Å²) in [5, 5.41) is 3.47. The summed E-state index contributed by atoms with van der Waals surface area (Å²) in [5.74, 6) is 0.857. The van der Waals surface area contributed by atoms with Crippen LogP contribution >= 0.6 is 11.6 Å². The first-order chi connectivity index (χ1) is 15.4. The van der Waals surface area contributed by atoms with Crippen LogP contribution in [0.3, 0.4) is 0 Å². The standard InChI is InChI=1S/C24H15ClF3N3O/c25-16-7-3-5-14(11-16)21-19-13-32-20-10-2-1-9-18(20)22(19)31-23(30-21)29-17-8-4-6-15(12-17)24(26,27)28/h1-12H,13H2,(H,29,30,31). The predicted molar refractivity (Wildman–Crippen MR) is 117 cm³/mol. The molecular weight excluding hydrogens is 439 g/mol. The van der Waals surface area contributed by atoms with Crippen molar-refractivity contribution in [3.63, 3.8) is 0 Å². The molecule has 4 nitrogen and oxygen atoms in total. The van der Waals surface area contributed by atoms with Gasteiger partial charge in [-0.05, 0) is 42.5 Å². The van der Waals surface area contributed by atoms with Crippen LogP contribution in [0.2, 0.25) is 5.02 Å². The van der Waals surface area contributed by atoms with E-state index in [4.69, 9.17) is 16.3 Å². The van der Waals surface area contributed by atoms with E-state index in [1.807, 2.05) is 36.4 Å². The zero-order valence-corrected chi connectivity index (χ0v) is 17.2. The van der Waals surface area contributed by atoms with Crippen molar-refractivity contribution in [3.8, 4) is 28.3 Å². The SMILES string of the molecule is FC(F)(F)c1cccc(Nc2nc(-c3cccc(Cl)c3)c3c(n2)-c2ccccc2OC3)c1. The fraction of sp³-hybridized carbons (Fsp3) is 0.0833. The lowest BCUT2D eigenvalue weighted by Gasteiger charge is -2.23. The van der Waals surface area contributed by atoms with Gasteiger partial charge in [-0.2, -0.15) is 13.2 Å². The lowest BCUT2D eigenvalue weighted by Crippen LogP contribution is -2.12. The van der Waals surface area contributed by atoms with Crippen LogP contribution in [0.25, 0.3) is 22.5 Å². The van der Waals surface area contributed by atoms with E-state index in [1.54, 1.807) is 12.1 Å². The molecule has 1 aliphatic rings. The van der Waals surface area contributed by atoms with Gasteiger partial charge in [0.1, 0.15) is 12.4 Å². The highest BCUT2D eigenvalue weighted by atomic mass is 35.5. The number of halogens is 4. The van der Waals surface area contributed by atoms with Crippen LogP contribution in [0.1, 0.15) is 11.1 Å². The van der Waals surface area contributed by atoms with Crippen molar-refractivity contribution in [2.24, 2.45) is 0 Å². The average molecular weight is 454 g/mol. The number of fused-ring (bicyclic) bond motifs is 3. The Morgan fingerprint density at radius 3 is 2.47 bits per heavy atom. The van der Waals surface area contributed by atoms with Crippen molar-refractivity contribution < 1.29 is 17.9 Å². The zero-order valence-electron chi connectivity index (χ0n) is 16.4. The van der Waals surface area contributed by atoms with Crippen molar-refractivity contribution in [2.45, 2.75) is 12.8 Å². The van der Waals surface area contributed by atoms with Gasteiger partial charge in [-0.15, -0.1) is 0 Å². The number of hydrogen-bond donors (Lipinski definition) is 1. The summed E-state index contributed by atoms with van der Waals surface area (Å²) >= 11 is 6.19. The third-order valence-electron chi connectivity index (χ3n) is 5.07. The van der Waals surface area contributed by atoms with Crippen molar-refractivity contribution in [1.29, 1.82) is 0 Å². The molecule has 0 aliphatic carbocycles. The molecule has 8 heteroatoms. The van der Waals surface area contributed by atoms with E-state index in [1.165, 1.54) is 12.1 Å². The van der Waals surface area contributed by atoms with Gasteiger partial charge in [0.05, 0.1) is 17.0 Å². The van der Waals surface area contributed by atoms with E-state index in [2.05, 4.69) is 15.3 Å². The minimum absolute atomic E-state index is 0.176. The number of hydrogen-bond acceptors (Lipinski definition) is 4. The number of alkyl halides is 3. The Morgan fingerprint density at radius 1 is 0.875 bits per heavy atom.